The number of likely N-dealkylation sites (N-methyl/N-ethyl adjacent to an activating group) is 1. The molecule has 15 heavy (non-hydrogen) atoms. The quantitative estimate of drug-likeness (QED) is 0.729. The number of hydrogen-bond donors (Lipinski definition) is 2. The number of carbonyl (C=O) groups is 1. The molecule has 0 bridgehead atoms. The Bertz CT molecular complexity index is 361. The van der Waals surface area contributed by atoms with Crippen molar-refractivity contribution < 1.29 is 4.79 Å². The van der Waals surface area contributed by atoms with Gasteiger partial charge in [-0.2, -0.15) is 0 Å². The molecule has 82 valence electrons. The Morgan fingerprint density at radius 3 is 2.67 bits per heavy atom. The first-order valence-electron chi connectivity index (χ1n) is 4.81. The van der Waals surface area contributed by atoms with Gasteiger partial charge in [0, 0.05) is 25.5 Å². The van der Waals surface area contributed by atoms with E-state index in [0.29, 0.717) is 0 Å². The molecule has 1 aromatic carbocycles. The van der Waals surface area contributed by atoms with E-state index in [2.05, 4.69) is 5.32 Å². The summed E-state index contributed by atoms with van der Waals surface area (Å²) in [6, 6.07) is 5.67. The summed E-state index contributed by atoms with van der Waals surface area (Å²) in [6.07, 6.45) is 0. The number of benzene rings is 1. The van der Waals surface area contributed by atoms with Crippen molar-refractivity contribution in [2.75, 3.05) is 31.7 Å². The summed E-state index contributed by atoms with van der Waals surface area (Å²) in [4.78, 5) is 12.8. The summed E-state index contributed by atoms with van der Waals surface area (Å²) in [5, 5.41) is 3.02. The zero-order valence-corrected chi connectivity index (χ0v) is 9.37. The van der Waals surface area contributed by atoms with Gasteiger partial charge in [0.1, 0.15) is 0 Å². The number of anilines is 2. The standard InChI is InChI=1S/C11H17N3O/c1-8-4-5-9(6-10(8)12)13-7-11(15)14(2)3/h4-6,13H,7,12H2,1-3H3. The Morgan fingerprint density at radius 2 is 2.13 bits per heavy atom. The molecule has 0 radical (unpaired) electrons. The number of nitrogen functional groups attached to an aromatic ring is 1. The average molecular weight is 207 g/mol. The lowest BCUT2D eigenvalue weighted by Gasteiger charge is -2.12. The molecule has 0 heterocycles. The third-order valence-corrected chi connectivity index (χ3v) is 2.22. The van der Waals surface area contributed by atoms with Crippen LogP contribution in [0.4, 0.5) is 11.4 Å². The van der Waals surface area contributed by atoms with Crippen LogP contribution in [-0.2, 0) is 4.79 Å². The maximum absolute atomic E-state index is 11.3. The molecule has 0 unspecified atom stereocenters. The lowest BCUT2D eigenvalue weighted by atomic mass is 10.2. The van der Waals surface area contributed by atoms with Crippen LogP contribution in [0.1, 0.15) is 5.56 Å². The molecular weight excluding hydrogens is 190 g/mol. The van der Waals surface area contributed by atoms with E-state index in [1.807, 2.05) is 25.1 Å². The van der Waals surface area contributed by atoms with E-state index in [-0.39, 0.29) is 12.5 Å². The molecule has 0 aliphatic carbocycles. The fraction of sp³-hybridized carbons (Fsp3) is 0.364. The van der Waals surface area contributed by atoms with Crippen LogP contribution >= 0.6 is 0 Å². The summed E-state index contributed by atoms with van der Waals surface area (Å²) >= 11 is 0. The van der Waals surface area contributed by atoms with Gasteiger partial charge in [-0.1, -0.05) is 6.07 Å². The number of carbonyl (C=O) groups excluding carboxylic acids is 1. The van der Waals surface area contributed by atoms with Crippen LogP contribution in [-0.4, -0.2) is 31.4 Å². The third kappa shape index (κ3) is 3.16. The molecule has 0 fully saturated rings. The molecule has 0 atom stereocenters. The van der Waals surface area contributed by atoms with Gasteiger partial charge >= 0.3 is 0 Å². The van der Waals surface area contributed by atoms with Crippen LogP contribution in [0.25, 0.3) is 0 Å². The van der Waals surface area contributed by atoms with Crippen LogP contribution in [0.5, 0.6) is 0 Å². The van der Waals surface area contributed by atoms with Crippen LogP contribution in [0.2, 0.25) is 0 Å². The Balaban J connectivity index is 2.58. The van der Waals surface area contributed by atoms with E-state index in [9.17, 15) is 4.79 Å². The highest BCUT2D eigenvalue weighted by molar-refractivity contribution is 5.80. The number of amides is 1. The maximum Gasteiger partial charge on any atom is 0.241 e. The highest BCUT2D eigenvalue weighted by Crippen LogP contribution is 2.16. The van der Waals surface area contributed by atoms with Crippen LogP contribution < -0.4 is 11.1 Å². The number of nitrogens with two attached hydrogens (primary N) is 1. The molecular formula is C11H17N3O. The summed E-state index contributed by atoms with van der Waals surface area (Å²) < 4.78 is 0. The van der Waals surface area contributed by atoms with Gasteiger partial charge in [0.05, 0.1) is 6.54 Å². The molecule has 1 aromatic rings. The lowest BCUT2D eigenvalue weighted by Crippen LogP contribution is -2.28. The number of hydrogen-bond acceptors (Lipinski definition) is 3. The van der Waals surface area contributed by atoms with Gasteiger partial charge < -0.3 is 16.0 Å². The minimum Gasteiger partial charge on any atom is -0.398 e. The summed E-state index contributed by atoms with van der Waals surface area (Å²) in [6.45, 7) is 2.24. The Hall–Kier alpha value is -1.71. The van der Waals surface area contributed by atoms with Crippen molar-refractivity contribution in [1.82, 2.24) is 4.90 Å². The number of nitrogens with one attached hydrogen (secondary N) is 1. The molecule has 1 amide bonds. The van der Waals surface area contributed by atoms with Crippen LogP contribution in [0.3, 0.4) is 0 Å². The second-order valence-electron chi connectivity index (χ2n) is 3.71. The Morgan fingerprint density at radius 1 is 1.47 bits per heavy atom. The summed E-state index contributed by atoms with van der Waals surface area (Å²) in [7, 11) is 3.46. The molecule has 3 N–H and O–H groups in total. The first-order chi connectivity index (χ1) is 7.00. The molecule has 0 aliphatic rings. The van der Waals surface area contributed by atoms with Crippen molar-refractivity contribution in [2.45, 2.75) is 6.92 Å². The summed E-state index contributed by atoms with van der Waals surface area (Å²) in [5.74, 6) is 0.0362. The predicted octanol–water partition coefficient (Wildman–Crippen LogP) is 1.08. The van der Waals surface area contributed by atoms with Gasteiger partial charge in [0.15, 0.2) is 0 Å². The number of rotatable bonds is 3. The zero-order valence-electron chi connectivity index (χ0n) is 9.37. The van der Waals surface area contributed by atoms with Crippen molar-refractivity contribution in [1.29, 1.82) is 0 Å². The predicted molar refractivity (Wildman–Crippen MR) is 62.8 cm³/mol. The Kier molecular flexibility index (Phi) is 3.55. The third-order valence-electron chi connectivity index (χ3n) is 2.22. The minimum atomic E-state index is 0.0362. The maximum atomic E-state index is 11.3. The molecule has 0 aliphatic heterocycles. The highest BCUT2D eigenvalue weighted by atomic mass is 16.2. The highest BCUT2D eigenvalue weighted by Gasteiger charge is 2.03. The van der Waals surface area contributed by atoms with E-state index in [4.69, 9.17) is 5.73 Å². The minimum absolute atomic E-state index is 0.0362. The molecule has 4 heteroatoms. The average Bonchev–Trinajstić information content (AvgIpc) is 2.19. The number of aryl methyl sites for hydroxylation is 1. The smallest absolute Gasteiger partial charge is 0.241 e. The van der Waals surface area contributed by atoms with Crippen LogP contribution in [0, 0.1) is 6.92 Å². The second-order valence-corrected chi connectivity index (χ2v) is 3.71. The van der Waals surface area contributed by atoms with E-state index in [1.54, 1.807) is 19.0 Å². The molecule has 0 aromatic heterocycles. The van der Waals surface area contributed by atoms with E-state index < -0.39 is 0 Å². The molecule has 4 nitrogen and oxygen atoms in total. The topological polar surface area (TPSA) is 58.4 Å². The molecule has 0 spiro atoms. The van der Waals surface area contributed by atoms with Crippen molar-refractivity contribution >= 4 is 17.3 Å². The second kappa shape index (κ2) is 4.68. The fourth-order valence-corrected chi connectivity index (χ4v) is 1.09. The van der Waals surface area contributed by atoms with Crippen LogP contribution in [0.15, 0.2) is 18.2 Å². The fourth-order valence-electron chi connectivity index (χ4n) is 1.09. The van der Waals surface area contributed by atoms with Gasteiger partial charge in [-0.05, 0) is 24.6 Å². The number of nitrogens with zero attached hydrogens (tertiary/aromatic N) is 1. The van der Waals surface area contributed by atoms with E-state index in [0.717, 1.165) is 16.9 Å². The molecule has 0 saturated heterocycles. The van der Waals surface area contributed by atoms with Crippen molar-refractivity contribution in [3.63, 3.8) is 0 Å². The van der Waals surface area contributed by atoms with E-state index >= 15 is 0 Å². The van der Waals surface area contributed by atoms with Gasteiger partial charge in [0.2, 0.25) is 5.91 Å². The monoisotopic (exact) mass is 207 g/mol. The zero-order chi connectivity index (χ0) is 11.4. The normalized spacial score (nSPS) is 9.80. The molecule has 0 saturated carbocycles. The summed E-state index contributed by atoms with van der Waals surface area (Å²) in [5.41, 5.74) is 8.40. The first kappa shape index (κ1) is 11.4. The van der Waals surface area contributed by atoms with Gasteiger partial charge in [-0.3, -0.25) is 4.79 Å². The first-order valence-corrected chi connectivity index (χ1v) is 4.81. The molecule has 1 rings (SSSR count). The van der Waals surface area contributed by atoms with Crippen molar-refractivity contribution in [2.24, 2.45) is 0 Å². The van der Waals surface area contributed by atoms with Gasteiger partial charge in [0.25, 0.3) is 0 Å². The SMILES string of the molecule is Cc1ccc(NCC(=O)N(C)C)cc1N. The van der Waals surface area contributed by atoms with Gasteiger partial charge in [-0.15, -0.1) is 0 Å². The van der Waals surface area contributed by atoms with Crippen molar-refractivity contribution in [3.8, 4) is 0 Å². The lowest BCUT2D eigenvalue weighted by molar-refractivity contribution is -0.126. The van der Waals surface area contributed by atoms with E-state index in [1.165, 1.54) is 0 Å². The van der Waals surface area contributed by atoms with Crippen molar-refractivity contribution in [3.05, 3.63) is 23.8 Å². The van der Waals surface area contributed by atoms with Gasteiger partial charge in [-0.25, -0.2) is 0 Å². The largest absolute Gasteiger partial charge is 0.398 e. The Labute approximate surface area is 90.1 Å².